The van der Waals surface area contributed by atoms with Crippen molar-refractivity contribution in [2.75, 3.05) is 37.3 Å². The van der Waals surface area contributed by atoms with Crippen LogP contribution in [0.2, 0.25) is 0 Å². The summed E-state index contributed by atoms with van der Waals surface area (Å²) in [7, 11) is 0. The van der Waals surface area contributed by atoms with Gasteiger partial charge in [-0.25, -0.2) is 0 Å². The second kappa shape index (κ2) is 8.30. The van der Waals surface area contributed by atoms with E-state index in [9.17, 15) is 0 Å². The Kier molecular flexibility index (Phi) is 5.87. The van der Waals surface area contributed by atoms with Crippen LogP contribution in [0.4, 0.5) is 11.6 Å². The van der Waals surface area contributed by atoms with E-state index >= 15 is 0 Å². The van der Waals surface area contributed by atoms with Crippen molar-refractivity contribution in [3.8, 4) is 5.75 Å². The van der Waals surface area contributed by atoms with E-state index < -0.39 is 0 Å². The summed E-state index contributed by atoms with van der Waals surface area (Å²) in [6, 6.07) is 8.42. The van der Waals surface area contributed by atoms with Gasteiger partial charge in [0.2, 0.25) is 0 Å². The number of nitrogens with zero attached hydrogens (tertiary/aromatic N) is 3. The normalized spacial score (nSPS) is 18.0. The lowest BCUT2D eigenvalue weighted by atomic mass is 10.2. The molecule has 130 valence electrons. The van der Waals surface area contributed by atoms with E-state index in [1.54, 1.807) is 0 Å². The molecule has 2 heterocycles. The summed E-state index contributed by atoms with van der Waals surface area (Å²) in [5, 5.41) is 3.17. The van der Waals surface area contributed by atoms with Crippen molar-refractivity contribution in [3.63, 3.8) is 0 Å². The van der Waals surface area contributed by atoms with Crippen LogP contribution in [-0.4, -0.2) is 39.9 Å². The average Bonchev–Trinajstić information content (AvgIpc) is 3.16. The molecule has 1 atom stereocenters. The third-order valence-electron chi connectivity index (χ3n) is 4.21. The van der Waals surface area contributed by atoms with Crippen LogP contribution in [-0.2, 0) is 6.54 Å². The molecule has 1 aromatic heterocycles. The van der Waals surface area contributed by atoms with Gasteiger partial charge in [-0.2, -0.15) is 8.75 Å². The molecule has 24 heavy (non-hydrogen) atoms. The van der Waals surface area contributed by atoms with Crippen molar-refractivity contribution in [2.24, 2.45) is 5.92 Å². The molecule has 7 heteroatoms. The van der Waals surface area contributed by atoms with Crippen LogP contribution in [0.3, 0.4) is 0 Å². The Balaban J connectivity index is 1.39. The lowest BCUT2D eigenvalue weighted by Gasteiger charge is -2.16. The number of benzene rings is 1. The summed E-state index contributed by atoms with van der Waals surface area (Å²) in [5.41, 5.74) is 7.00. The quantitative estimate of drug-likeness (QED) is 0.715. The highest BCUT2D eigenvalue weighted by Gasteiger charge is 2.18. The Bertz CT molecular complexity index is 647. The lowest BCUT2D eigenvalue weighted by molar-refractivity contribution is 0.308. The van der Waals surface area contributed by atoms with Gasteiger partial charge in [0.15, 0.2) is 11.6 Å². The molecule has 1 aliphatic rings. The minimum atomic E-state index is 0.463. The molecule has 0 spiro atoms. The Morgan fingerprint density at radius 3 is 3.08 bits per heavy atom. The minimum absolute atomic E-state index is 0.463. The van der Waals surface area contributed by atoms with Crippen LogP contribution in [0.25, 0.3) is 0 Å². The third kappa shape index (κ3) is 4.82. The molecular weight excluding hydrogens is 322 g/mol. The zero-order chi connectivity index (χ0) is 16.8. The van der Waals surface area contributed by atoms with E-state index in [2.05, 4.69) is 44.1 Å². The van der Waals surface area contributed by atoms with Gasteiger partial charge < -0.3 is 15.8 Å². The van der Waals surface area contributed by atoms with E-state index in [0.717, 1.165) is 42.9 Å². The number of nitrogens with two attached hydrogens (primary N) is 1. The molecule has 0 amide bonds. The van der Waals surface area contributed by atoms with Crippen LogP contribution in [0.5, 0.6) is 5.75 Å². The highest BCUT2D eigenvalue weighted by molar-refractivity contribution is 6.99. The first-order valence-electron chi connectivity index (χ1n) is 8.46. The molecule has 3 rings (SSSR count). The number of ether oxygens (including phenoxy) is 1. The van der Waals surface area contributed by atoms with Gasteiger partial charge >= 0.3 is 0 Å². The molecule has 3 N–H and O–H groups in total. The first kappa shape index (κ1) is 17.0. The second-order valence-electron chi connectivity index (χ2n) is 6.40. The number of nitrogens with one attached hydrogen (secondary N) is 1. The molecule has 0 aliphatic carbocycles. The number of rotatable bonds is 8. The zero-order valence-electron chi connectivity index (χ0n) is 14.1. The van der Waals surface area contributed by atoms with Gasteiger partial charge in [-0.3, -0.25) is 4.90 Å². The summed E-state index contributed by atoms with van der Waals surface area (Å²) < 4.78 is 13.9. The maximum absolute atomic E-state index is 5.86. The van der Waals surface area contributed by atoms with Gasteiger partial charge in [0.1, 0.15) is 5.75 Å². The average molecular weight is 347 g/mol. The highest BCUT2D eigenvalue weighted by Crippen LogP contribution is 2.20. The Morgan fingerprint density at radius 2 is 2.33 bits per heavy atom. The summed E-state index contributed by atoms with van der Waals surface area (Å²) in [4.78, 5) is 2.51. The van der Waals surface area contributed by atoms with E-state index in [0.29, 0.717) is 18.2 Å². The number of likely N-dealkylation sites (tertiary alicyclic amines) is 1. The first-order valence-corrected chi connectivity index (χ1v) is 9.20. The van der Waals surface area contributed by atoms with Crippen molar-refractivity contribution in [3.05, 3.63) is 29.8 Å². The smallest absolute Gasteiger partial charge is 0.184 e. The topological polar surface area (TPSA) is 76.3 Å². The SMILES string of the molecule is CC1CCN(Cc2cccc(OCCCNc3nsnc3N)c2)C1. The van der Waals surface area contributed by atoms with E-state index in [1.807, 2.05) is 6.07 Å². The van der Waals surface area contributed by atoms with Crippen molar-refractivity contribution >= 4 is 23.4 Å². The molecule has 1 aromatic carbocycles. The fraction of sp³-hybridized carbons (Fsp3) is 0.529. The van der Waals surface area contributed by atoms with Crippen molar-refractivity contribution in [2.45, 2.75) is 26.3 Å². The number of hydrogen-bond donors (Lipinski definition) is 2. The van der Waals surface area contributed by atoms with E-state index in [-0.39, 0.29) is 0 Å². The molecule has 0 radical (unpaired) electrons. The fourth-order valence-corrected chi connectivity index (χ4v) is 3.40. The molecule has 6 nitrogen and oxygen atoms in total. The van der Waals surface area contributed by atoms with Gasteiger partial charge in [-0.05, 0) is 43.0 Å². The van der Waals surface area contributed by atoms with Crippen molar-refractivity contribution in [1.29, 1.82) is 0 Å². The first-order chi connectivity index (χ1) is 11.7. The summed E-state index contributed by atoms with van der Waals surface area (Å²) in [6.07, 6.45) is 2.19. The molecule has 0 bridgehead atoms. The van der Waals surface area contributed by atoms with Crippen LogP contribution >= 0.6 is 11.7 Å². The Morgan fingerprint density at radius 1 is 1.42 bits per heavy atom. The maximum Gasteiger partial charge on any atom is 0.184 e. The number of nitrogen functional groups attached to an aromatic ring is 1. The van der Waals surface area contributed by atoms with Gasteiger partial charge in [0.25, 0.3) is 0 Å². The minimum Gasteiger partial charge on any atom is -0.494 e. The molecule has 1 fully saturated rings. The van der Waals surface area contributed by atoms with Crippen molar-refractivity contribution < 1.29 is 4.74 Å². The molecular formula is C17H25N5OS. The summed E-state index contributed by atoms with van der Waals surface area (Å²) in [5.74, 6) is 2.89. The van der Waals surface area contributed by atoms with Crippen LogP contribution in [0, 0.1) is 5.92 Å². The number of anilines is 2. The highest BCUT2D eigenvalue weighted by atomic mass is 32.1. The third-order valence-corrected chi connectivity index (χ3v) is 4.75. The predicted molar refractivity (Wildman–Crippen MR) is 98.4 cm³/mol. The van der Waals surface area contributed by atoms with Gasteiger partial charge in [-0.15, -0.1) is 0 Å². The molecule has 1 unspecified atom stereocenters. The van der Waals surface area contributed by atoms with Crippen LogP contribution in [0.15, 0.2) is 24.3 Å². The molecule has 2 aromatic rings. The molecule has 1 aliphatic heterocycles. The monoisotopic (exact) mass is 347 g/mol. The summed E-state index contributed by atoms with van der Waals surface area (Å²) >= 11 is 1.12. The molecule has 1 saturated heterocycles. The number of hydrogen-bond acceptors (Lipinski definition) is 7. The zero-order valence-corrected chi connectivity index (χ0v) is 14.9. The second-order valence-corrected chi connectivity index (χ2v) is 6.93. The Hall–Kier alpha value is -1.86. The van der Waals surface area contributed by atoms with Gasteiger partial charge in [0, 0.05) is 19.6 Å². The van der Waals surface area contributed by atoms with Crippen LogP contribution in [0.1, 0.15) is 25.3 Å². The van der Waals surface area contributed by atoms with E-state index in [1.165, 1.54) is 25.1 Å². The van der Waals surface area contributed by atoms with Crippen LogP contribution < -0.4 is 15.8 Å². The molecule has 0 saturated carbocycles. The standard InChI is InChI=1S/C17H25N5OS/c1-13-6-8-22(11-13)12-14-4-2-5-15(10-14)23-9-3-7-19-17-16(18)20-24-21-17/h2,4-5,10,13H,3,6-9,11-12H2,1H3,(H2,18,20)(H,19,21). The van der Waals surface area contributed by atoms with Gasteiger partial charge in [0.05, 0.1) is 18.3 Å². The van der Waals surface area contributed by atoms with Gasteiger partial charge in [-0.1, -0.05) is 19.1 Å². The Labute approximate surface area is 147 Å². The van der Waals surface area contributed by atoms with Crippen molar-refractivity contribution in [1.82, 2.24) is 13.6 Å². The predicted octanol–water partition coefficient (Wildman–Crippen LogP) is 2.84. The summed E-state index contributed by atoms with van der Waals surface area (Å²) in [6.45, 7) is 7.16. The van der Waals surface area contributed by atoms with E-state index in [4.69, 9.17) is 10.5 Å². The maximum atomic E-state index is 5.86. The largest absolute Gasteiger partial charge is 0.494 e. The lowest BCUT2D eigenvalue weighted by Crippen LogP contribution is -2.19. The number of aromatic nitrogens is 2. The fourth-order valence-electron chi connectivity index (χ4n) is 2.95.